The Balaban J connectivity index is 1.52. The molecule has 2 fully saturated rings. The van der Waals surface area contributed by atoms with Crippen LogP contribution in [0.25, 0.3) is 10.9 Å². The van der Waals surface area contributed by atoms with E-state index in [0.717, 1.165) is 11.0 Å². The fraction of sp³-hybridized carbons (Fsp3) is 0.579. The van der Waals surface area contributed by atoms with Crippen LogP contribution in [0.15, 0.2) is 18.2 Å². The van der Waals surface area contributed by atoms with Crippen LogP contribution < -0.4 is 10.8 Å². The maximum atomic E-state index is 12.7. The zero-order chi connectivity index (χ0) is 21.0. The van der Waals surface area contributed by atoms with E-state index in [2.05, 4.69) is 15.5 Å². The van der Waals surface area contributed by atoms with E-state index < -0.39 is 28.2 Å². The number of aromatic nitrogens is 2. The first-order valence-electron chi connectivity index (χ1n) is 9.80. The number of fused-ring (bicyclic) bond motifs is 1. The molecule has 1 unspecified atom stereocenters. The minimum atomic E-state index is -2.97. The largest absolute Gasteiger partial charge is 0.494 e. The Morgan fingerprint density at radius 3 is 2.59 bits per heavy atom. The van der Waals surface area contributed by atoms with Crippen molar-refractivity contribution in [2.24, 2.45) is 5.92 Å². The summed E-state index contributed by atoms with van der Waals surface area (Å²) in [6.45, 7) is 8.29. The molecular weight excluding hydrogens is 393 g/mol. The number of amides is 1. The predicted octanol–water partition coefficient (Wildman–Crippen LogP) is 1.03. The summed E-state index contributed by atoms with van der Waals surface area (Å²) in [5.41, 5.74) is 0.918. The average molecular weight is 419 g/mol. The van der Waals surface area contributed by atoms with Gasteiger partial charge in [0.2, 0.25) is 0 Å². The fourth-order valence-electron chi connectivity index (χ4n) is 3.68. The second kappa shape index (κ2) is 6.82. The topological polar surface area (TPSA) is 110 Å². The first-order valence-corrected chi connectivity index (χ1v) is 11.6. The summed E-state index contributed by atoms with van der Waals surface area (Å²) < 4.78 is 35.4. The van der Waals surface area contributed by atoms with Gasteiger partial charge in [-0.05, 0) is 51.6 Å². The number of rotatable bonds is 4. The lowest BCUT2D eigenvalue weighted by Crippen LogP contribution is -2.41. The lowest BCUT2D eigenvalue weighted by atomic mass is 9.78. The van der Waals surface area contributed by atoms with Gasteiger partial charge in [0.05, 0.1) is 28.2 Å². The van der Waals surface area contributed by atoms with Gasteiger partial charge in [-0.2, -0.15) is 5.10 Å². The molecule has 2 aromatic rings. The number of carbonyl (C=O) groups is 1. The predicted molar refractivity (Wildman–Crippen MR) is 111 cm³/mol. The van der Waals surface area contributed by atoms with E-state index in [4.69, 9.17) is 9.31 Å². The van der Waals surface area contributed by atoms with Crippen LogP contribution in [0.5, 0.6) is 0 Å². The van der Waals surface area contributed by atoms with Gasteiger partial charge in [-0.3, -0.25) is 9.89 Å². The highest BCUT2D eigenvalue weighted by Crippen LogP contribution is 2.36. The molecule has 10 heteroatoms. The van der Waals surface area contributed by atoms with E-state index in [1.54, 1.807) is 0 Å². The number of nitrogens with zero attached hydrogens (tertiary/aromatic N) is 1. The molecule has 3 heterocycles. The molecule has 8 nitrogen and oxygen atoms in total. The summed E-state index contributed by atoms with van der Waals surface area (Å²) in [5.74, 6) is -0.0575. The van der Waals surface area contributed by atoms with E-state index in [9.17, 15) is 13.2 Å². The van der Waals surface area contributed by atoms with Crippen molar-refractivity contribution in [2.75, 3.05) is 18.1 Å². The quantitative estimate of drug-likeness (QED) is 0.717. The monoisotopic (exact) mass is 419 g/mol. The Morgan fingerprint density at radius 2 is 1.97 bits per heavy atom. The van der Waals surface area contributed by atoms with Crippen molar-refractivity contribution in [2.45, 2.75) is 45.3 Å². The highest BCUT2D eigenvalue weighted by atomic mass is 32.2. The smallest absolute Gasteiger partial charge is 0.399 e. The Bertz CT molecular complexity index is 1050. The van der Waals surface area contributed by atoms with Gasteiger partial charge in [0, 0.05) is 11.9 Å². The standard InChI is InChI=1S/C19H26BN3O5S/c1-18(2)19(3,4)28-20(27-18)13-5-6-15-14(9-13)16(23-22-15)17(24)21-10-12-7-8-29(25,26)11-12/h5-6,9,12H,7-8,10-11H2,1-4H3,(H,21,24)(H,22,23). The molecule has 1 amide bonds. The molecule has 0 radical (unpaired) electrons. The van der Waals surface area contributed by atoms with Gasteiger partial charge in [-0.25, -0.2) is 8.42 Å². The van der Waals surface area contributed by atoms with Crippen molar-refractivity contribution in [3.8, 4) is 0 Å². The summed E-state index contributed by atoms with van der Waals surface area (Å²) in [6.07, 6.45) is 0.579. The van der Waals surface area contributed by atoms with Crippen molar-refractivity contribution in [1.82, 2.24) is 15.5 Å². The molecule has 1 aromatic heterocycles. The summed E-state index contributed by atoms with van der Waals surface area (Å²) in [5, 5.41) is 10.5. The van der Waals surface area contributed by atoms with Crippen LogP contribution in [-0.4, -0.2) is 60.9 Å². The summed E-state index contributed by atoms with van der Waals surface area (Å²) in [6, 6.07) is 5.60. The minimum absolute atomic E-state index is 0.0468. The van der Waals surface area contributed by atoms with E-state index in [-0.39, 0.29) is 29.0 Å². The van der Waals surface area contributed by atoms with Crippen LogP contribution in [0.2, 0.25) is 0 Å². The van der Waals surface area contributed by atoms with E-state index in [0.29, 0.717) is 18.4 Å². The van der Waals surface area contributed by atoms with Gasteiger partial charge < -0.3 is 14.6 Å². The second-order valence-electron chi connectivity index (χ2n) is 8.94. The Morgan fingerprint density at radius 1 is 1.28 bits per heavy atom. The number of carbonyl (C=O) groups excluding carboxylic acids is 1. The van der Waals surface area contributed by atoms with Gasteiger partial charge in [0.1, 0.15) is 0 Å². The van der Waals surface area contributed by atoms with Crippen molar-refractivity contribution < 1.29 is 22.5 Å². The number of aromatic amines is 1. The third-order valence-corrected chi connectivity index (χ3v) is 8.04. The molecule has 156 valence electrons. The van der Waals surface area contributed by atoms with E-state index in [1.165, 1.54) is 0 Å². The molecule has 4 rings (SSSR count). The number of benzene rings is 1. The maximum Gasteiger partial charge on any atom is 0.494 e. The van der Waals surface area contributed by atoms with Crippen molar-refractivity contribution in [1.29, 1.82) is 0 Å². The van der Waals surface area contributed by atoms with Crippen LogP contribution in [0, 0.1) is 5.92 Å². The van der Waals surface area contributed by atoms with Crippen molar-refractivity contribution in [3.63, 3.8) is 0 Å². The summed E-state index contributed by atoms with van der Waals surface area (Å²) in [4.78, 5) is 12.7. The second-order valence-corrected chi connectivity index (χ2v) is 11.2. The van der Waals surface area contributed by atoms with E-state index in [1.807, 2.05) is 45.9 Å². The number of hydrogen-bond donors (Lipinski definition) is 2. The third kappa shape index (κ3) is 3.81. The molecule has 2 N–H and O–H groups in total. The molecule has 0 saturated carbocycles. The van der Waals surface area contributed by atoms with Crippen molar-refractivity contribution in [3.05, 3.63) is 23.9 Å². The first kappa shape index (κ1) is 20.4. The molecule has 0 bridgehead atoms. The molecule has 1 atom stereocenters. The molecule has 1 aromatic carbocycles. The zero-order valence-electron chi connectivity index (χ0n) is 17.1. The summed E-state index contributed by atoms with van der Waals surface area (Å²) in [7, 11) is -3.50. The van der Waals surface area contributed by atoms with Gasteiger partial charge in [-0.1, -0.05) is 12.1 Å². The van der Waals surface area contributed by atoms with Crippen molar-refractivity contribution >= 4 is 39.2 Å². The zero-order valence-corrected chi connectivity index (χ0v) is 17.9. The minimum Gasteiger partial charge on any atom is -0.399 e. The number of sulfone groups is 1. The third-order valence-electron chi connectivity index (χ3n) is 6.21. The van der Waals surface area contributed by atoms with Crippen LogP contribution in [0.3, 0.4) is 0 Å². The van der Waals surface area contributed by atoms with Gasteiger partial charge in [0.25, 0.3) is 5.91 Å². The average Bonchev–Trinajstić information content (AvgIpc) is 3.26. The van der Waals surface area contributed by atoms with E-state index >= 15 is 0 Å². The molecule has 29 heavy (non-hydrogen) atoms. The van der Waals surface area contributed by atoms with Crippen LogP contribution in [0.1, 0.15) is 44.6 Å². The number of hydrogen-bond acceptors (Lipinski definition) is 6. The fourth-order valence-corrected chi connectivity index (χ4v) is 5.55. The summed E-state index contributed by atoms with van der Waals surface area (Å²) >= 11 is 0. The molecule has 2 aliphatic rings. The Labute approximate surface area is 170 Å². The lowest BCUT2D eigenvalue weighted by molar-refractivity contribution is 0.00578. The highest BCUT2D eigenvalue weighted by molar-refractivity contribution is 7.91. The lowest BCUT2D eigenvalue weighted by Gasteiger charge is -2.32. The molecule has 2 saturated heterocycles. The van der Waals surface area contributed by atoms with Gasteiger partial charge in [0.15, 0.2) is 15.5 Å². The molecule has 0 aliphatic carbocycles. The first-order chi connectivity index (χ1) is 13.5. The molecular formula is C19H26BN3O5S. The molecule has 0 spiro atoms. The normalized spacial score (nSPS) is 24.8. The Kier molecular flexibility index (Phi) is 4.79. The number of nitrogens with one attached hydrogen (secondary N) is 2. The van der Waals surface area contributed by atoms with Gasteiger partial charge >= 0.3 is 7.12 Å². The Hall–Kier alpha value is -1.91. The number of H-pyrrole nitrogens is 1. The SMILES string of the molecule is CC1(C)OB(c2ccc3[nH]nc(C(=O)NCC4CCS(=O)(=O)C4)c3c2)OC1(C)C. The van der Waals surface area contributed by atoms with Crippen LogP contribution in [-0.2, 0) is 19.1 Å². The molecule has 2 aliphatic heterocycles. The highest BCUT2D eigenvalue weighted by Gasteiger charge is 2.51. The van der Waals surface area contributed by atoms with Crippen LogP contribution >= 0.6 is 0 Å². The van der Waals surface area contributed by atoms with Crippen LogP contribution in [0.4, 0.5) is 0 Å². The maximum absolute atomic E-state index is 12.7. The van der Waals surface area contributed by atoms with Gasteiger partial charge in [-0.15, -0.1) is 0 Å².